The number of amides is 1. The summed E-state index contributed by atoms with van der Waals surface area (Å²) in [6.07, 6.45) is 0. The fourth-order valence-electron chi connectivity index (χ4n) is 0.952. The highest BCUT2D eigenvalue weighted by atomic mass is 19.2. The van der Waals surface area contributed by atoms with Crippen LogP contribution < -0.4 is 11.1 Å². The summed E-state index contributed by atoms with van der Waals surface area (Å²) in [5, 5.41) is 1.53. The molecule has 0 unspecified atom stereocenters. The van der Waals surface area contributed by atoms with Crippen molar-refractivity contribution in [1.29, 1.82) is 0 Å². The van der Waals surface area contributed by atoms with Crippen LogP contribution in [0.15, 0.2) is 0 Å². The van der Waals surface area contributed by atoms with Crippen LogP contribution in [0.3, 0.4) is 0 Å². The molecule has 0 aliphatic heterocycles. The van der Waals surface area contributed by atoms with Crippen LogP contribution in [0.4, 0.5) is 27.6 Å². The van der Waals surface area contributed by atoms with Gasteiger partial charge in [-0.15, -0.1) is 0 Å². The number of rotatable bonds is 2. The van der Waals surface area contributed by atoms with E-state index in [2.05, 4.69) is 0 Å². The normalized spacial score (nSPS) is 12.4. The molecule has 1 aromatic rings. The lowest BCUT2D eigenvalue weighted by Gasteiger charge is -2.11. The van der Waals surface area contributed by atoms with Crippen LogP contribution in [-0.2, 0) is 4.79 Å². The number of carbonyl (C=O) groups excluding carboxylic acids is 1. The van der Waals surface area contributed by atoms with Crippen LogP contribution in [0.5, 0.6) is 0 Å². The minimum atomic E-state index is -2.29. The first-order chi connectivity index (χ1) is 7.77. The Morgan fingerprint density at radius 1 is 1.00 bits per heavy atom. The smallest absolute Gasteiger partial charge is 0.241 e. The maximum Gasteiger partial charge on any atom is 0.241 e. The first kappa shape index (κ1) is 13.4. The second-order valence-electron chi connectivity index (χ2n) is 3.22. The van der Waals surface area contributed by atoms with Crippen molar-refractivity contribution >= 4 is 11.6 Å². The van der Waals surface area contributed by atoms with Crippen molar-refractivity contribution in [3.63, 3.8) is 0 Å². The minimum Gasteiger partial charge on any atom is -0.320 e. The largest absolute Gasteiger partial charge is 0.320 e. The molecule has 0 radical (unpaired) electrons. The highest BCUT2D eigenvalue weighted by Crippen LogP contribution is 2.26. The molecule has 1 atom stereocenters. The molecule has 3 N–H and O–H groups in total. The molecule has 0 spiro atoms. The van der Waals surface area contributed by atoms with Gasteiger partial charge in [-0.25, -0.2) is 22.0 Å². The van der Waals surface area contributed by atoms with Gasteiger partial charge in [0.25, 0.3) is 0 Å². The topological polar surface area (TPSA) is 55.1 Å². The third-order valence-electron chi connectivity index (χ3n) is 1.87. The van der Waals surface area contributed by atoms with Gasteiger partial charge in [-0.2, -0.15) is 0 Å². The van der Waals surface area contributed by atoms with E-state index in [1.54, 1.807) is 0 Å². The quantitative estimate of drug-likeness (QED) is 0.479. The van der Waals surface area contributed by atoms with Crippen LogP contribution in [0.1, 0.15) is 6.92 Å². The van der Waals surface area contributed by atoms with Crippen LogP contribution in [0, 0.1) is 29.1 Å². The molecule has 1 rings (SSSR count). The molecular weight excluding hydrogens is 247 g/mol. The average molecular weight is 254 g/mol. The third kappa shape index (κ3) is 2.36. The Balaban J connectivity index is 3.30. The van der Waals surface area contributed by atoms with E-state index in [4.69, 9.17) is 5.73 Å². The molecule has 0 aliphatic carbocycles. The highest BCUT2D eigenvalue weighted by molar-refractivity contribution is 5.94. The maximum absolute atomic E-state index is 13.0. The van der Waals surface area contributed by atoms with E-state index >= 15 is 0 Å². The van der Waals surface area contributed by atoms with E-state index in [1.165, 1.54) is 12.2 Å². The first-order valence-electron chi connectivity index (χ1n) is 4.35. The van der Waals surface area contributed by atoms with Gasteiger partial charge in [-0.3, -0.25) is 4.79 Å². The van der Waals surface area contributed by atoms with Crippen molar-refractivity contribution < 1.29 is 26.7 Å². The monoisotopic (exact) mass is 254 g/mol. The number of halogens is 5. The molecule has 94 valence electrons. The molecule has 0 saturated carbocycles. The van der Waals surface area contributed by atoms with Crippen molar-refractivity contribution in [2.45, 2.75) is 13.0 Å². The zero-order valence-corrected chi connectivity index (χ0v) is 8.45. The summed E-state index contributed by atoms with van der Waals surface area (Å²) in [6, 6.07) is -1.16. The Hall–Kier alpha value is -1.70. The lowest BCUT2D eigenvalue weighted by molar-refractivity contribution is -0.117. The van der Waals surface area contributed by atoms with Crippen molar-refractivity contribution in [2.24, 2.45) is 5.73 Å². The number of hydrogen-bond donors (Lipinski definition) is 2. The number of benzene rings is 1. The SMILES string of the molecule is C[C@@H](N)C(=O)Nc1c(F)c(F)c(F)c(F)c1F. The predicted molar refractivity (Wildman–Crippen MR) is 48.5 cm³/mol. The Morgan fingerprint density at radius 2 is 1.35 bits per heavy atom. The summed E-state index contributed by atoms with van der Waals surface area (Å²) < 4.78 is 64.1. The van der Waals surface area contributed by atoms with Gasteiger partial charge in [0, 0.05) is 0 Å². The zero-order chi connectivity index (χ0) is 13.3. The molecule has 0 heterocycles. The van der Waals surface area contributed by atoms with E-state index in [9.17, 15) is 26.7 Å². The summed E-state index contributed by atoms with van der Waals surface area (Å²) in [4.78, 5) is 11.0. The molecule has 0 saturated heterocycles. The van der Waals surface area contributed by atoms with E-state index in [1.807, 2.05) is 0 Å². The Kier molecular flexibility index (Phi) is 3.66. The molecule has 0 aliphatic rings. The molecule has 8 heteroatoms. The summed E-state index contributed by atoms with van der Waals surface area (Å²) in [5.41, 5.74) is 3.66. The highest BCUT2D eigenvalue weighted by Gasteiger charge is 2.27. The van der Waals surface area contributed by atoms with Gasteiger partial charge >= 0.3 is 0 Å². The predicted octanol–water partition coefficient (Wildman–Crippen LogP) is 1.67. The summed E-state index contributed by atoms with van der Waals surface area (Å²) in [7, 11) is 0. The molecule has 0 aromatic heterocycles. The number of anilines is 1. The standard InChI is InChI=1S/C9H7F5N2O/c1-2(15)9(17)16-8-6(13)4(11)3(10)5(12)7(8)14/h2H,15H2,1H3,(H,16,17)/t2-/m1/s1. The fourth-order valence-corrected chi connectivity index (χ4v) is 0.952. The zero-order valence-electron chi connectivity index (χ0n) is 8.45. The van der Waals surface area contributed by atoms with Gasteiger partial charge in [0.1, 0.15) is 5.69 Å². The van der Waals surface area contributed by atoms with Crippen molar-refractivity contribution in [2.75, 3.05) is 5.32 Å². The molecule has 1 amide bonds. The van der Waals surface area contributed by atoms with Gasteiger partial charge in [-0.1, -0.05) is 0 Å². The third-order valence-corrected chi connectivity index (χ3v) is 1.87. The molecule has 1 aromatic carbocycles. The first-order valence-corrected chi connectivity index (χ1v) is 4.35. The van der Waals surface area contributed by atoms with Gasteiger partial charge in [0.15, 0.2) is 23.3 Å². The van der Waals surface area contributed by atoms with Crippen molar-refractivity contribution in [1.82, 2.24) is 0 Å². The minimum absolute atomic E-state index is 1.08. The van der Waals surface area contributed by atoms with Crippen LogP contribution >= 0.6 is 0 Å². The van der Waals surface area contributed by atoms with Gasteiger partial charge < -0.3 is 11.1 Å². The second-order valence-corrected chi connectivity index (χ2v) is 3.22. The number of nitrogens with two attached hydrogens (primary N) is 1. The van der Waals surface area contributed by atoms with Crippen molar-refractivity contribution in [3.8, 4) is 0 Å². The lowest BCUT2D eigenvalue weighted by atomic mass is 10.2. The maximum atomic E-state index is 13.0. The van der Waals surface area contributed by atoms with E-state index in [0.29, 0.717) is 0 Å². The second kappa shape index (κ2) is 4.66. The van der Waals surface area contributed by atoms with Crippen LogP contribution in [0.25, 0.3) is 0 Å². The molecule has 17 heavy (non-hydrogen) atoms. The van der Waals surface area contributed by atoms with Crippen molar-refractivity contribution in [3.05, 3.63) is 29.1 Å². The number of nitrogens with one attached hydrogen (secondary N) is 1. The fraction of sp³-hybridized carbons (Fsp3) is 0.222. The van der Waals surface area contributed by atoms with E-state index in [-0.39, 0.29) is 0 Å². The summed E-state index contributed by atoms with van der Waals surface area (Å²) in [5.74, 6) is -11.9. The lowest BCUT2D eigenvalue weighted by Crippen LogP contribution is -2.33. The molecular formula is C9H7F5N2O. The molecule has 0 bridgehead atoms. The molecule has 0 fully saturated rings. The Labute approximate surface area is 92.4 Å². The van der Waals surface area contributed by atoms with E-state index in [0.717, 1.165) is 0 Å². The van der Waals surface area contributed by atoms with Gasteiger partial charge in [0.2, 0.25) is 11.7 Å². The van der Waals surface area contributed by atoms with Crippen LogP contribution in [0.2, 0.25) is 0 Å². The number of hydrogen-bond acceptors (Lipinski definition) is 2. The van der Waals surface area contributed by atoms with E-state index < -0.39 is 46.7 Å². The Bertz CT molecular complexity index is 446. The Morgan fingerprint density at radius 3 is 1.71 bits per heavy atom. The number of carbonyl (C=O) groups is 1. The average Bonchev–Trinajstić information content (AvgIpc) is 2.29. The van der Waals surface area contributed by atoms with Gasteiger partial charge in [0.05, 0.1) is 6.04 Å². The van der Waals surface area contributed by atoms with Gasteiger partial charge in [-0.05, 0) is 6.92 Å². The summed E-state index contributed by atoms with van der Waals surface area (Å²) in [6.45, 7) is 1.18. The molecule has 3 nitrogen and oxygen atoms in total. The summed E-state index contributed by atoms with van der Waals surface area (Å²) >= 11 is 0. The van der Waals surface area contributed by atoms with Crippen LogP contribution in [-0.4, -0.2) is 11.9 Å².